The zero-order valence-electron chi connectivity index (χ0n) is 13.6. The van der Waals surface area contributed by atoms with Crippen LogP contribution in [0.15, 0.2) is 18.2 Å². The van der Waals surface area contributed by atoms with Crippen LogP contribution < -0.4 is 5.32 Å². The number of hydrogen-bond acceptors (Lipinski definition) is 4. The van der Waals surface area contributed by atoms with Crippen LogP contribution in [0.1, 0.15) is 43.0 Å². The van der Waals surface area contributed by atoms with Crippen LogP contribution >= 0.6 is 22.6 Å². The number of carbonyl (C=O) groups excluding carboxylic acids is 2. The van der Waals surface area contributed by atoms with Gasteiger partial charge < -0.3 is 15.2 Å². The first kappa shape index (κ1) is 17.5. The van der Waals surface area contributed by atoms with Gasteiger partial charge in [0.1, 0.15) is 11.3 Å². The van der Waals surface area contributed by atoms with Crippen molar-refractivity contribution >= 4 is 34.5 Å². The predicted octanol–water partition coefficient (Wildman–Crippen LogP) is 3.09. The van der Waals surface area contributed by atoms with Crippen LogP contribution in [0.3, 0.4) is 0 Å². The second-order valence-corrected chi connectivity index (χ2v) is 8.18. The largest absolute Gasteiger partial charge is 0.507 e. The van der Waals surface area contributed by atoms with Gasteiger partial charge in [-0.05, 0) is 84.7 Å². The van der Waals surface area contributed by atoms with E-state index in [-0.39, 0.29) is 29.9 Å². The standard InChI is InChI=1S/C18H22INO4/c1-10(14-7-11-2-3-12(14)6-11)20-17(22)9-24-18(23)15-8-13(19)4-5-16(15)21/h4-5,8,10-12,14,21H,2-3,6-7,9H2,1H3,(H,20,22)/t10-,11+,12+,14+/m1/s1. The molecule has 6 heteroatoms. The molecule has 0 aliphatic heterocycles. The van der Waals surface area contributed by atoms with Gasteiger partial charge in [-0.2, -0.15) is 0 Å². The molecule has 0 aromatic heterocycles. The second kappa shape index (κ2) is 7.29. The molecule has 2 saturated carbocycles. The Morgan fingerprint density at radius 3 is 2.83 bits per heavy atom. The Bertz CT molecular complexity index is 648. The summed E-state index contributed by atoms with van der Waals surface area (Å²) in [6.07, 6.45) is 5.10. The maximum atomic E-state index is 12.1. The van der Waals surface area contributed by atoms with Crippen molar-refractivity contribution in [3.05, 3.63) is 27.3 Å². The Labute approximate surface area is 155 Å². The molecule has 0 heterocycles. The fourth-order valence-electron chi connectivity index (χ4n) is 4.19. The van der Waals surface area contributed by atoms with Crippen molar-refractivity contribution in [3.63, 3.8) is 0 Å². The first-order valence-electron chi connectivity index (χ1n) is 8.39. The number of rotatable bonds is 5. The summed E-state index contributed by atoms with van der Waals surface area (Å²) < 4.78 is 5.85. The van der Waals surface area contributed by atoms with Crippen molar-refractivity contribution in [2.24, 2.45) is 17.8 Å². The minimum absolute atomic E-state index is 0.0795. The number of aromatic hydroxyl groups is 1. The van der Waals surface area contributed by atoms with Gasteiger partial charge in [-0.15, -0.1) is 0 Å². The van der Waals surface area contributed by atoms with Crippen LogP contribution in [0.2, 0.25) is 0 Å². The van der Waals surface area contributed by atoms with E-state index in [0.29, 0.717) is 5.92 Å². The maximum absolute atomic E-state index is 12.1. The zero-order valence-corrected chi connectivity index (χ0v) is 15.8. The molecule has 2 bridgehead atoms. The first-order valence-corrected chi connectivity index (χ1v) is 9.47. The van der Waals surface area contributed by atoms with Gasteiger partial charge in [0.25, 0.3) is 5.91 Å². The lowest BCUT2D eigenvalue weighted by Crippen LogP contribution is -2.42. The minimum atomic E-state index is -0.686. The molecule has 2 fully saturated rings. The normalized spacial score (nSPS) is 26.2. The highest BCUT2D eigenvalue weighted by Crippen LogP contribution is 2.49. The van der Waals surface area contributed by atoms with Crippen LogP contribution in [-0.4, -0.2) is 29.6 Å². The lowest BCUT2D eigenvalue weighted by molar-refractivity contribution is -0.125. The van der Waals surface area contributed by atoms with E-state index in [4.69, 9.17) is 4.74 Å². The molecule has 24 heavy (non-hydrogen) atoms. The summed E-state index contributed by atoms with van der Waals surface area (Å²) in [4.78, 5) is 24.1. The molecule has 1 aromatic carbocycles. The van der Waals surface area contributed by atoms with E-state index in [2.05, 4.69) is 5.32 Å². The summed E-state index contributed by atoms with van der Waals surface area (Å²) >= 11 is 2.05. The molecule has 1 amide bonds. The van der Waals surface area contributed by atoms with Crippen LogP contribution in [-0.2, 0) is 9.53 Å². The number of carbonyl (C=O) groups is 2. The van der Waals surface area contributed by atoms with Gasteiger partial charge in [0, 0.05) is 9.61 Å². The molecular weight excluding hydrogens is 421 g/mol. The van der Waals surface area contributed by atoms with E-state index in [1.807, 2.05) is 29.5 Å². The molecule has 2 aliphatic rings. The highest BCUT2D eigenvalue weighted by atomic mass is 127. The van der Waals surface area contributed by atoms with Gasteiger partial charge in [0.2, 0.25) is 0 Å². The molecule has 4 atom stereocenters. The van der Waals surface area contributed by atoms with Gasteiger partial charge in [0.15, 0.2) is 6.61 Å². The summed E-state index contributed by atoms with van der Waals surface area (Å²) in [5.41, 5.74) is 0.0795. The maximum Gasteiger partial charge on any atom is 0.342 e. The monoisotopic (exact) mass is 443 g/mol. The van der Waals surface area contributed by atoms with Gasteiger partial charge in [0.05, 0.1) is 0 Å². The van der Waals surface area contributed by atoms with Crippen molar-refractivity contribution in [2.75, 3.05) is 6.61 Å². The van der Waals surface area contributed by atoms with Crippen molar-refractivity contribution in [1.82, 2.24) is 5.32 Å². The average Bonchev–Trinajstić information content (AvgIpc) is 3.18. The Morgan fingerprint density at radius 2 is 2.17 bits per heavy atom. The molecule has 0 unspecified atom stereocenters. The lowest BCUT2D eigenvalue weighted by Gasteiger charge is -2.28. The van der Waals surface area contributed by atoms with Crippen LogP contribution in [0.5, 0.6) is 5.75 Å². The molecule has 0 spiro atoms. The summed E-state index contributed by atoms with van der Waals surface area (Å²) in [5, 5.41) is 12.7. The minimum Gasteiger partial charge on any atom is -0.507 e. The Morgan fingerprint density at radius 1 is 1.38 bits per heavy atom. The molecule has 2 aliphatic carbocycles. The highest BCUT2D eigenvalue weighted by molar-refractivity contribution is 14.1. The topological polar surface area (TPSA) is 75.6 Å². The molecule has 0 radical (unpaired) electrons. The zero-order chi connectivity index (χ0) is 17.3. The predicted molar refractivity (Wildman–Crippen MR) is 97.6 cm³/mol. The van der Waals surface area contributed by atoms with Gasteiger partial charge in [-0.1, -0.05) is 6.42 Å². The quantitative estimate of drug-likeness (QED) is 0.542. The number of nitrogens with one attached hydrogen (secondary N) is 1. The lowest BCUT2D eigenvalue weighted by atomic mass is 9.84. The molecule has 0 saturated heterocycles. The third-order valence-electron chi connectivity index (χ3n) is 5.34. The first-order chi connectivity index (χ1) is 11.4. The number of fused-ring (bicyclic) bond motifs is 2. The van der Waals surface area contributed by atoms with E-state index in [1.54, 1.807) is 6.07 Å². The van der Waals surface area contributed by atoms with Crippen molar-refractivity contribution < 1.29 is 19.4 Å². The summed E-state index contributed by atoms with van der Waals surface area (Å²) in [6.45, 7) is 1.71. The number of benzene rings is 1. The SMILES string of the molecule is C[C@@H](NC(=O)COC(=O)c1cc(I)ccc1O)[C@@H]1C[C@H]2CC[C@H]1C2. The Balaban J connectivity index is 1.48. The number of phenolic OH excluding ortho intramolecular Hbond substituents is 1. The Hall–Kier alpha value is -1.31. The number of esters is 1. The van der Waals surface area contributed by atoms with Gasteiger partial charge in [-0.25, -0.2) is 4.79 Å². The van der Waals surface area contributed by atoms with Crippen LogP contribution in [0, 0.1) is 21.3 Å². The second-order valence-electron chi connectivity index (χ2n) is 6.93. The van der Waals surface area contributed by atoms with E-state index in [1.165, 1.54) is 37.8 Å². The van der Waals surface area contributed by atoms with E-state index in [0.717, 1.165) is 15.4 Å². The average molecular weight is 443 g/mol. The smallest absolute Gasteiger partial charge is 0.342 e. The van der Waals surface area contributed by atoms with E-state index in [9.17, 15) is 14.7 Å². The van der Waals surface area contributed by atoms with Crippen molar-refractivity contribution in [2.45, 2.75) is 38.6 Å². The van der Waals surface area contributed by atoms with E-state index < -0.39 is 5.97 Å². The highest BCUT2D eigenvalue weighted by Gasteiger charge is 2.42. The third kappa shape index (κ3) is 3.84. The molecular formula is C18H22INO4. The number of halogens is 1. The molecule has 5 nitrogen and oxygen atoms in total. The van der Waals surface area contributed by atoms with E-state index >= 15 is 0 Å². The number of amides is 1. The van der Waals surface area contributed by atoms with Gasteiger partial charge >= 0.3 is 5.97 Å². The Kier molecular flexibility index (Phi) is 5.32. The fraction of sp³-hybridized carbons (Fsp3) is 0.556. The summed E-state index contributed by atoms with van der Waals surface area (Å²) in [7, 11) is 0. The molecule has 130 valence electrons. The number of ether oxygens (including phenoxy) is 1. The van der Waals surface area contributed by atoms with Crippen LogP contribution in [0.25, 0.3) is 0 Å². The molecule has 2 N–H and O–H groups in total. The van der Waals surface area contributed by atoms with Crippen LogP contribution in [0.4, 0.5) is 0 Å². The number of hydrogen-bond donors (Lipinski definition) is 2. The number of phenols is 1. The molecule has 1 aromatic rings. The third-order valence-corrected chi connectivity index (χ3v) is 6.01. The van der Waals surface area contributed by atoms with Gasteiger partial charge in [-0.3, -0.25) is 4.79 Å². The summed E-state index contributed by atoms with van der Waals surface area (Å²) in [5.74, 6) is 0.994. The fourth-order valence-corrected chi connectivity index (χ4v) is 4.68. The molecule has 3 rings (SSSR count). The van der Waals surface area contributed by atoms with Crippen molar-refractivity contribution in [3.8, 4) is 5.75 Å². The summed E-state index contributed by atoms with van der Waals surface area (Å²) in [6, 6.07) is 4.78. The van der Waals surface area contributed by atoms with Crippen molar-refractivity contribution in [1.29, 1.82) is 0 Å².